The zero-order valence-corrected chi connectivity index (χ0v) is 14.7. The second-order valence-corrected chi connectivity index (χ2v) is 6.74. The number of hydrogen-bond acceptors (Lipinski definition) is 5. The Morgan fingerprint density at radius 3 is 2.67 bits per heavy atom. The van der Waals surface area contributed by atoms with Crippen LogP contribution >= 0.6 is 0 Å². The van der Waals surface area contributed by atoms with Crippen LogP contribution in [0.2, 0.25) is 0 Å². The highest BCUT2D eigenvalue weighted by atomic mass is 16.5. The number of hydrogen-bond donors (Lipinski definition) is 1. The van der Waals surface area contributed by atoms with Gasteiger partial charge in [0, 0.05) is 30.4 Å². The van der Waals surface area contributed by atoms with Crippen molar-refractivity contribution in [2.75, 3.05) is 11.9 Å². The van der Waals surface area contributed by atoms with Crippen LogP contribution in [0, 0.1) is 5.92 Å². The van der Waals surface area contributed by atoms with Gasteiger partial charge in [0.1, 0.15) is 17.3 Å². The highest BCUT2D eigenvalue weighted by molar-refractivity contribution is 5.90. The number of ether oxygens (including phenoxy) is 1. The van der Waals surface area contributed by atoms with Crippen LogP contribution in [0.1, 0.15) is 12.8 Å². The zero-order chi connectivity index (χ0) is 18.1. The summed E-state index contributed by atoms with van der Waals surface area (Å²) < 4.78 is 7.63. The Bertz CT molecular complexity index is 1060. The van der Waals surface area contributed by atoms with Gasteiger partial charge in [-0.15, -0.1) is 0 Å². The van der Waals surface area contributed by atoms with Crippen LogP contribution in [-0.2, 0) is 0 Å². The van der Waals surface area contributed by atoms with Crippen molar-refractivity contribution in [1.82, 2.24) is 19.7 Å². The van der Waals surface area contributed by atoms with Crippen LogP contribution in [0.25, 0.3) is 16.9 Å². The lowest BCUT2D eigenvalue weighted by atomic mass is 10.2. The maximum Gasteiger partial charge on any atom is 0.253 e. The molecule has 1 fully saturated rings. The Morgan fingerprint density at radius 2 is 1.89 bits per heavy atom. The third-order valence-electron chi connectivity index (χ3n) is 4.60. The Hall–Kier alpha value is -3.41. The second-order valence-electron chi connectivity index (χ2n) is 6.74. The van der Waals surface area contributed by atoms with Gasteiger partial charge >= 0.3 is 0 Å². The fourth-order valence-corrected chi connectivity index (χ4v) is 2.97. The van der Waals surface area contributed by atoms with Crippen molar-refractivity contribution in [2.45, 2.75) is 12.8 Å². The van der Waals surface area contributed by atoms with Crippen LogP contribution in [0.4, 0.5) is 5.82 Å². The standard InChI is InChI=1S/C21H19N5O/c1-2-5-16(6-3-1)27-17-9-10-18-19(13-17)24-21(26-12-4-11-23-26)25-20(18)22-14-15-7-8-15/h1-6,9-13,15H,7-8,14H2,(H,22,24,25). The molecule has 2 aromatic carbocycles. The number of nitrogens with zero attached hydrogens (tertiary/aromatic N) is 4. The Labute approximate surface area is 156 Å². The molecular weight excluding hydrogens is 338 g/mol. The summed E-state index contributed by atoms with van der Waals surface area (Å²) in [5.41, 5.74) is 0.822. The van der Waals surface area contributed by atoms with Crippen molar-refractivity contribution in [2.24, 2.45) is 5.92 Å². The van der Waals surface area contributed by atoms with Crippen molar-refractivity contribution in [3.05, 3.63) is 67.0 Å². The lowest BCUT2D eigenvalue weighted by Gasteiger charge is -2.12. The number of benzene rings is 2. The van der Waals surface area contributed by atoms with Gasteiger partial charge in [-0.05, 0) is 49.1 Å². The minimum atomic E-state index is 0.544. The maximum atomic E-state index is 5.96. The summed E-state index contributed by atoms with van der Waals surface area (Å²) in [5.74, 6) is 3.67. The first-order chi connectivity index (χ1) is 13.3. The van der Waals surface area contributed by atoms with E-state index in [-0.39, 0.29) is 0 Å². The Kier molecular flexibility index (Phi) is 3.93. The Morgan fingerprint density at radius 1 is 1.00 bits per heavy atom. The molecule has 0 unspecified atom stereocenters. The fourth-order valence-electron chi connectivity index (χ4n) is 2.97. The average Bonchev–Trinajstić information content (AvgIpc) is 3.37. The molecule has 0 amide bonds. The molecule has 0 radical (unpaired) electrons. The first-order valence-corrected chi connectivity index (χ1v) is 9.14. The van der Waals surface area contributed by atoms with Crippen molar-refractivity contribution in [3.63, 3.8) is 0 Å². The topological polar surface area (TPSA) is 64.9 Å². The summed E-state index contributed by atoms with van der Waals surface area (Å²) in [6, 6.07) is 17.5. The first kappa shape index (κ1) is 15.8. The van der Waals surface area contributed by atoms with Gasteiger partial charge in [-0.2, -0.15) is 10.1 Å². The third-order valence-corrected chi connectivity index (χ3v) is 4.60. The highest BCUT2D eigenvalue weighted by Crippen LogP contribution is 2.31. The smallest absolute Gasteiger partial charge is 0.253 e. The molecule has 1 saturated carbocycles. The molecular formula is C21H19N5O. The minimum absolute atomic E-state index is 0.544. The molecule has 2 heterocycles. The van der Waals surface area contributed by atoms with E-state index in [9.17, 15) is 0 Å². The van der Waals surface area contributed by atoms with E-state index in [1.807, 2.05) is 60.8 Å². The zero-order valence-electron chi connectivity index (χ0n) is 14.7. The van der Waals surface area contributed by atoms with Gasteiger partial charge in [-0.3, -0.25) is 0 Å². The molecule has 1 aliphatic carbocycles. The summed E-state index contributed by atoms with van der Waals surface area (Å²) >= 11 is 0. The van der Waals surface area contributed by atoms with Gasteiger partial charge in [-0.25, -0.2) is 9.67 Å². The van der Waals surface area contributed by atoms with Crippen molar-refractivity contribution in [3.8, 4) is 17.4 Å². The predicted octanol–water partition coefficient (Wildman–Crippen LogP) is 4.43. The van der Waals surface area contributed by atoms with E-state index in [1.54, 1.807) is 10.9 Å². The van der Waals surface area contributed by atoms with E-state index >= 15 is 0 Å². The summed E-state index contributed by atoms with van der Waals surface area (Å²) in [7, 11) is 0. The van der Waals surface area contributed by atoms with Crippen molar-refractivity contribution >= 4 is 16.7 Å². The van der Waals surface area contributed by atoms with Gasteiger partial charge in [-0.1, -0.05) is 18.2 Å². The molecule has 0 atom stereocenters. The molecule has 0 aliphatic heterocycles. The van der Waals surface area contributed by atoms with E-state index in [2.05, 4.69) is 10.4 Å². The van der Waals surface area contributed by atoms with Crippen molar-refractivity contribution in [1.29, 1.82) is 0 Å². The fraction of sp³-hybridized carbons (Fsp3) is 0.190. The molecule has 2 aromatic heterocycles. The van der Waals surface area contributed by atoms with E-state index < -0.39 is 0 Å². The summed E-state index contributed by atoms with van der Waals surface area (Å²) in [4.78, 5) is 9.39. The first-order valence-electron chi connectivity index (χ1n) is 9.14. The van der Waals surface area contributed by atoms with Crippen LogP contribution in [0.5, 0.6) is 11.5 Å². The predicted molar refractivity (Wildman–Crippen MR) is 104 cm³/mol. The van der Waals surface area contributed by atoms with E-state index in [1.165, 1.54) is 12.8 Å². The van der Waals surface area contributed by atoms with Gasteiger partial charge in [0.25, 0.3) is 5.95 Å². The molecule has 27 heavy (non-hydrogen) atoms. The van der Waals surface area contributed by atoms with E-state index in [0.29, 0.717) is 5.95 Å². The van der Waals surface area contributed by atoms with Gasteiger partial charge in [0.05, 0.1) is 5.52 Å². The molecule has 5 rings (SSSR count). The molecule has 0 spiro atoms. The Balaban J connectivity index is 1.55. The number of rotatable bonds is 6. The van der Waals surface area contributed by atoms with Crippen LogP contribution in [-0.4, -0.2) is 26.3 Å². The molecule has 134 valence electrons. The molecule has 1 N–H and O–H groups in total. The molecule has 6 nitrogen and oxygen atoms in total. The number of anilines is 1. The minimum Gasteiger partial charge on any atom is -0.457 e. The summed E-state index contributed by atoms with van der Waals surface area (Å²) in [6.45, 7) is 0.937. The largest absolute Gasteiger partial charge is 0.457 e. The van der Waals surface area contributed by atoms with Gasteiger partial charge in [0.15, 0.2) is 0 Å². The second kappa shape index (κ2) is 6.72. The summed E-state index contributed by atoms with van der Waals surface area (Å²) in [6.07, 6.45) is 6.14. The molecule has 1 aliphatic rings. The van der Waals surface area contributed by atoms with Crippen LogP contribution < -0.4 is 10.1 Å². The lowest BCUT2D eigenvalue weighted by molar-refractivity contribution is 0.483. The normalized spacial score (nSPS) is 13.6. The van der Waals surface area contributed by atoms with Gasteiger partial charge < -0.3 is 10.1 Å². The SMILES string of the molecule is c1ccc(Oc2ccc3c(NCC4CC4)nc(-n4cccn4)nc3c2)cc1. The number of aromatic nitrogens is 4. The van der Waals surface area contributed by atoms with Crippen molar-refractivity contribution < 1.29 is 4.74 Å². The van der Waals surface area contributed by atoms with Gasteiger partial charge in [0.2, 0.25) is 0 Å². The molecule has 4 aromatic rings. The van der Waals surface area contributed by atoms with E-state index in [0.717, 1.165) is 40.7 Å². The maximum absolute atomic E-state index is 5.96. The van der Waals surface area contributed by atoms with Crippen LogP contribution in [0.3, 0.4) is 0 Å². The molecule has 0 bridgehead atoms. The van der Waals surface area contributed by atoms with E-state index in [4.69, 9.17) is 14.7 Å². The molecule has 6 heteroatoms. The average molecular weight is 357 g/mol. The number of nitrogens with one attached hydrogen (secondary N) is 1. The quantitative estimate of drug-likeness (QED) is 0.553. The number of para-hydroxylation sites is 1. The third kappa shape index (κ3) is 3.46. The lowest BCUT2D eigenvalue weighted by Crippen LogP contribution is -2.09. The number of fused-ring (bicyclic) bond motifs is 1. The monoisotopic (exact) mass is 357 g/mol. The highest BCUT2D eigenvalue weighted by Gasteiger charge is 2.21. The molecule has 0 saturated heterocycles. The summed E-state index contributed by atoms with van der Waals surface area (Å²) in [5, 5.41) is 8.73. The van der Waals surface area contributed by atoms with Crippen LogP contribution in [0.15, 0.2) is 67.0 Å².